The minimum atomic E-state index is -0.202. The van der Waals surface area contributed by atoms with Gasteiger partial charge in [-0.05, 0) is 36.4 Å². The zero-order valence-corrected chi connectivity index (χ0v) is 13.5. The van der Waals surface area contributed by atoms with Crippen molar-refractivity contribution in [2.45, 2.75) is 0 Å². The molecule has 0 radical (unpaired) electrons. The summed E-state index contributed by atoms with van der Waals surface area (Å²) in [5.41, 5.74) is 0.513. The van der Waals surface area contributed by atoms with E-state index < -0.39 is 0 Å². The van der Waals surface area contributed by atoms with Crippen LogP contribution in [0.4, 0.5) is 0 Å². The van der Waals surface area contributed by atoms with Gasteiger partial charge in [-0.2, -0.15) is 0 Å². The second kappa shape index (κ2) is 7.45. The maximum Gasteiger partial charge on any atom is 0.254 e. The maximum absolute atomic E-state index is 12.3. The number of ether oxygens (including phenoxy) is 1. The minimum absolute atomic E-state index is 0.0497. The summed E-state index contributed by atoms with van der Waals surface area (Å²) in [6.07, 6.45) is 0. The van der Waals surface area contributed by atoms with Crippen molar-refractivity contribution in [2.75, 3.05) is 27.7 Å². The standard InChI is InChI=1S/C18H20N2O3/c1-19(2)17(21)13-20(3)18(22)14-9-11-16(12-10-14)23-15-7-5-4-6-8-15/h4-12H,13H2,1-3H3. The van der Waals surface area contributed by atoms with Crippen LogP contribution in [0.2, 0.25) is 0 Å². The van der Waals surface area contributed by atoms with Crippen LogP contribution in [0.5, 0.6) is 11.5 Å². The van der Waals surface area contributed by atoms with Gasteiger partial charge in [0.2, 0.25) is 5.91 Å². The highest BCUT2D eigenvalue weighted by Gasteiger charge is 2.15. The van der Waals surface area contributed by atoms with E-state index in [9.17, 15) is 9.59 Å². The molecular weight excluding hydrogens is 292 g/mol. The number of rotatable bonds is 5. The molecule has 5 heteroatoms. The third-order valence-electron chi connectivity index (χ3n) is 3.30. The van der Waals surface area contributed by atoms with Crippen molar-refractivity contribution in [3.05, 3.63) is 60.2 Å². The Morgan fingerprint density at radius 1 is 0.870 bits per heavy atom. The average Bonchev–Trinajstić information content (AvgIpc) is 2.55. The van der Waals surface area contributed by atoms with E-state index in [4.69, 9.17) is 4.74 Å². The molecule has 2 aromatic carbocycles. The molecule has 0 spiro atoms. The van der Waals surface area contributed by atoms with Crippen LogP contribution in [0.15, 0.2) is 54.6 Å². The second-order valence-electron chi connectivity index (χ2n) is 5.39. The van der Waals surface area contributed by atoms with E-state index in [1.54, 1.807) is 45.4 Å². The van der Waals surface area contributed by atoms with Crippen molar-refractivity contribution in [2.24, 2.45) is 0 Å². The molecule has 23 heavy (non-hydrogen) atoms. The molecule has 0 aliphatic carbocycles. The largest absolute Gasteiger partial charge is 0.457 e. The summed E-state index contributed by atoms with van der Waals surface area (Å²) >= 11 is 0. The molecule has 2 amide bonds. The molecule has 0 heterocycles. The molecule has 0 bridgehead atoms. The van der Waals surface area contributed by atoms with Gasteiger partial charge in [-0.3, -0.25) is 9.59 Å². The number of benzene rings is 2. The summed E-state index contributed by atoms with van der Waals surface area (Å²) in [5, 5.41) is 0. The van der Waals surface area contributed by atoms with Crippen molar-refractivity contribution >= 4 is 11.8 Å². The van der Waals surface area contributed by atoms with E-state index >= 15 is 0 Å². The Labute approximate surface area is 136 Å². The summed E-state index contributed by atoms with van der Waals surface area (Å²) in [7, 11) is 4.94. The predicted octanol–water partition coefficient (Wildman–Crippen LogP) is 2.64. The van der Waals surface area contributed by atoms with E-state index in [1.807, 2.05) is 30.3 Å². The van der Waals surface area contributed by atoms with Gasteiger partial charge in [0.25, 0.3) is 5.91 Å². The van der Waals surface area contributed by atoms with Crippen LogP contribution in [-0.2, 0) is 4.79 Å². The molecule has 2 aromatic rings. The Balaban J connectivity index is 2.01. The molecule has 5 nitrogen and oxygen atoms in total. The van der Waals surface area contributed by atoms with Gasteiger partial charge >= 0.3 is 0 Å². The summed E-state index contributed by atoms with van der Waals surface area (Å²) in [6, 6.07) is 16.3. The van der Waals surface area contributed by atoms with E-state index in [0.29, 0.717) is 11.3 Å². The second-order valence-corrected chi connectivity index (χ2v) is 5.39. The lowest BCUT2D eigenvalue weighted by Crippen LogP contribution is -2.37. The molecule has 0 fully saturated rings. The zero-order valence-electron chi connectivity index (χ0n) is 13.5. The Kier molecular flexibility index (Phi) is 5.36. The van der Waals surface area contributed by atoms with Crippen molar-refractivity contribution in [1.29, 1.82) is 0 Å². The first kappa shape index (κ1) is 16.5. The molecule has 0 unspecified atom stereocenters. The lowest BCUT2D eigenvalue weighted by Gasteiger charge is -2.19. The summed E-state index contributed by atoms with van der Waals surface area (Å²) < 4.78 is 5.68. The number of carbonyl (C=O) groups excluding carboxylic acids is 2. The number of hydrogen-bond acceptors (Lipinski definition) is 3. The van der Waals surface area contributed by atoms with Gasteiger partial charge in [0.1, 0.15) is 11.5 Å². The van der Waals surface area contributed by atoms with Gasteiger partial charge in [0.15, 0.2) is 0 Å². The van der Waals surface area contributed by atoms with E-state index in [2.05, 4.69) is 0 Å². The Morgan fingerprint density at radius 3 is 2.00 bits per heavy atom. The van der Waals surface area contributed by atoms with Crippen molar-refractivity contribution < 1.29 is 14.3 Å². The molecule has 120 valence electrons. The third-order valence-corrected chi connectivity index (χ3v) is 3.30. The fourth-order valence-corrected chi connectivity index (χ4v) is 1.93. The lowest BCUT2D eigenvalue weighted by atomic mass is 10.2. The fraction of sp³-hybridized carbons (Fsp3) is 0.222. The number of nitrogens with zero attached hydrogens (tertiary/aromatic N) is 2. The van der Waals surface area contributed by atoms with Crippen LogP contribution in [0, 0.1) is 0 Å². The van der Waals surface area contributed by atoms with E-state index in [1.165, 1.54) is 9.80 Å². The molecule has 0 aromatic heterocycles. The van der Waals surface area contributed by atoms with Gasteiger partial charge in [-0.15, -0.1) is 0 Å². The van der Waals surface area contributed by atoms with Crippen molar-refractivity contribution in [3.8, 4) is 11.5 Å². The molecule has 0 aliphatic heterocycles. The molecule has 0 N–H and O–H groups in total. The highest BCUT2D eigenvalue weighted by atomic mass is 16.5. The van der Waals surface area contributed by atoms with E-state index in [-0.39, 0.29) is 18.4 Å². The quantitative estimate of drug-likeness (QED) is 0.853. The highest BCUT2D eigenvalue weighted by molar-refractivity contribution is 5.96. The minimum Gasteiger partial charge on any atom is -0.457 e. The van der Waals surface area contributed by atoms with Crippen LogP contribution in [0.25, 0.3) is 0 Å². The topological polar surface area (TPSA) is 49.9 Å². The molecule has 0 saturated carbocycles. The van der Waals surface area contributed by atoms with E-state index in [0.717, 1.165) is 5.75 Å². The number of hydrogen-bond donors (Lipinski definition) is 0. The maximum atomic E-state index is 12.3. The highest BCUT2D eigenvalue weighted by Crippen LogP contribution is 2.21. The van der Waals surface area contributed by atoms with Crippen molar-refractivity contribution in [3.63, 3.8) is 0 Å². The van der Waals surface area contributed by atoms with Gasteiger partial charge in [-0.1, -0.05) is 18.2 Å². The van der Waals surface area contributed by atoms with Crippen LogP contribution >= 0.6 is 0 Å². The van der Waals surface area contributed by atoms with Crippen molar-refractivity contribution in [1.82, 2.24) is 9.80 Å². The number of carbonyl (C=O) groups is 2. The SMILES string of the molecule is CN(C)C(=O)CN(C)C(=O)c1ccc(Oc2ccccc2)cc1. The normalized spacial score (nSPS) is 10.0. The number of para-hydroxylation sites is 1. The van der Waals surface area contributed by atoms with Crippen LogP contribution < -0.4 is 4.74 Å². The predicted molar refractivity (Wildman–Crippen MR) is 88.6 cm³/mol. The molecule has 2 rings (SSSR count). The van der Waals surface area contributed by atoms with Gasteiger partial charge in [0, 0.05) is 26.7 Å². The first-order valence-electron chi connectivity index (χ1n) is 7.26. The Morgan fingerprint density at radius 2 is 1.43 bits per heavy atom. The fourth-order valence-electron chi connectivity index (χ4n) is 1.93. The van der Waals surface area contributed by atoms with Gasteiger partial charge < -0.3 is 14.5 Å². The summed E-state index contributed by atoms with van der Waals surface area (Å²) in [4.78, 5) is 26.8. The van der Waals surface area contributed by atoms with Gasteiger partial charge in [-0.25, -0.2) is 0 Å². The van der Waals surface area contributed by atoms with Gasteiger partial charge in [0.05, 0.1) is 6.54 Å². The zero-order chi connectivity index (χ0) is 16.8. The van der Waals surface area contributed by atoms with Crippen LogP contribution in [-0.4, -0.2) is 49.3 Å². The smallest absolute Gasteiger partial charge is 0.254 e. The van der Waals surface area contributed by atoms with Crippen LogP contribution in [0.1, 0.15) is 10.4 Å². The Hall–Kier alpha value is -2.82. The first-order valence-corrected chi connectivity index (χ1v) is 7.26. The third kappa shape index (κ3) is 4.57. The molecule has 0 saturated heterocycles. The monoisotopic (exact) mass is 312 g/mol. The summed E-state index contributed by atoms with van der Waals surface area (Å²) in [5.74, 6) is 1.07. The molecule has 0 atom stereocenters. The Bertz CT molecular complexity index is 666. The van der Waals surface area contributed by atoms with Crippen LogP contribution in [0.3, 0.4) is 0 Å². The molecule has 0 aliphatic rings. The number of likely N-dealkylation sites (N-methyl/N-ethyl adjacent to an activating group) is 2. The average molecular weight is 312 g/mol. The first-order chi connectivity index (χ1) is 11.0. The summed E-state index contributed by atoms with van der Waals surface area (Å²) in [6.45, 7) is 0.0497. The number of amides is 2. The lowest BCUT2D eigenvalue weighted by molar-refractivity contribution is -0.129. The molecular formula is C18H20N2O3.